The maximum absolute atomic E-state index is 11.5. The molecule has 0 aromatic carbocycles. The van der Waals surface area contributed by atoms with Gasteiger partial charge in [0.2, 0.25) is 11.8 Å². The number of likely N-dealkylation sites (N-methyl/N-ethyl adjacent to an activating group) is 1. The molecule has 0 spiro atoms. The second kappa shape index (κ2) is 6.19. The lowest BCUT2D eigenvalue weighted by Gasteiger charge is -2.14. The van der Waals surface area contributed by atoms with Crippen LogP contribution in [0.15, 0.2) is 4.42 Å². The molecule has 0 fully saturated rings. The third kappa shape index (κ3) is 4.39. The molecular formula is C10H19N5O2. The number of carbonyl (C=O) groups is 1. The lowest BCUT2D eigenvalue weighted by Crippen LogP contribution is -2.37. The van der Waals surface area contributed by atoms with Crippen molar-refractivity contribution in [3.63, 3.8) is 0 Å². The Hall–Kier alpha value is -1.63. The van der Waals surface area contributed by atoms with Gasteiger partial charge in [0, 0.05) is 13.6 Å². The first-order valence-corrected chi connectivity index (χ1v) is 5.53. The Morgan fingerprint density at radius 3 is 2.76 bits per heavy atom. The summed E-state index contributed by atoms with van der Waals surface area (Å²) in [6.07, 6.45) is 0. The van der Waals surface area contributed by atoms with E-state index in [1.807, 2.05) is 13.8 Å². The summed E-state index contributed by atoms with van der Waals surface area (Å²) in [5.41, 5.74) is 5.35. The Kier molecular flexibility index (Phi) is 4.89. The second-order valence-electron chi connectivity index (χ2n) is 4.24. The largest absolute Gasteiger partial charge is 0.407 e. The van der Waals surface area contributed by atoms with E-state index in [0.717, 1.165) is 0 Å². The Bertz CT molecular complexity index is 363. The van der Waals surface area contributed by atoms with E-state index in [4.69, 9.17) is 10.2 Å². The molecule has 0 radical (unpaired) electrons. The van der Waals surface area contributed by atoms with E-state index in [1.165, 1.54) is 0 Å². The number of anilines is 1. The summed E-state index contributed by atoms with van der Waals surface area (Å²) in [6, 6.07) is 0.296. The van der Waals surface area contributed by atoms with Crippen LogP contribution in [-0.4, -0.2) is 36.2 Å². The van der Waals surface area contributed by atoms with Gasteiger partial charge in [0.15, 0.2) is 0 Å². The molecule has 0 unspecified atom stereocenters. The summed E-state index contributed by atoms with van der Waals surface area (Å²) >= 11 is 0. The highest BCUT2D eigenvalue weighted by Crippen LogP contribution is 2.08. The van der Waals surface area contributed by atoms with Gasteiger partial charge in [-0.1, -0.05) is 18.9 Å². The van der Waals surface area contributed by atoms with Crippen LogP contribution in [0.2, 0.25) is 0 Å². The maximum Gasteiger partial charge on any atom is 0.318 e. The Labute approximate surface area is 100 Å². The standard InChI is InChI=1S/C10H19N5O2/c1-7(2)5-12-8(16)6-15(3)10-14-13-9(4-11)17-10/h7H,4-6,11H2,1-3H3,(H,12,16). The third-order valence-electron chi connectivity index (χ3n) is 2.05. The highest BCUT2D eigenvalue weighted by Gasteiger charge is 2.13. The highest BCUT2D eigenvalue weighted by molar-refractivity contribution is 5.80. The molecule has 0 aliphatic heterocycles. The minimum absolute atomic E-state index is 0.0753. The number of carbonyl (C=O) groups excluding carboxylic acids is 1. The number of hydrogen-bond acceptors (Lipinski definition) is 6. The van der Waals surface area contributed by atoms with Gasteiger partial charge in [-0.05, 0) is 5.92 Å². The van der Waals surface area contributed by atoms with Crippen LogP contribution in [0.3, 0.4) is 0 Å². The normalized spacial score (nSPS) is 10.6. The number of aromatic nitrogens is 2. The molecule has 0 aliphatic rings. The molecule has 1 aromatic heterocycles. The fourth-order valence-electron chi connectivity index (χ4n) is 1.14. The van der Waals surface area contributed by atoms with E-state index < -0.39 is 0 Å². The van der Waals surface area contributed by atoms with Crippen molar-refractivity contribution in [3.8, 4) is 0 Å². The molecule has 1 heterocycles. The summed E-state index contributed by atoms with van der Waals surface area (Å²) in [5.74, 6) is 0.708. The molecule has 0 bridgehead atoms. The zero-order chi connectivity index (χ0) is 12.8. The van der Waals surface area contributed by atoms with Gasteiger partial charge in [-0.15, -0.1) is 5.10 Å². The Morgan fingerprint density at radius 2 is 2.24 bits per heavy atom. The van der Waals surface area contributed by atoms with Gasteiger partial charge in [0.05, 0.1) is 6.54 Å². The van der Waals surface area contributed by atoms with Gasteiger partial charge in [-0.25, -0.2) is 0 Å². The van der Waals surface area contributed by atoms with Gasteiger partial charge in [0.25, 0.3) is 0 Å². The quantitative estimate of drug-likeness (QED) is 0.712. The van der Waals surface area contributed by atoms with Gasteiger partial charge >= 0.3 is 6.01 Å². The van der Waals surface area contributed by atoms with Crippen LogP contribution >= 0.6 is 0 Å². The summed E-state index contributed by atoms with van der Waals surface area (Å²) in [7, 11) is 1.71. The molecule has 1 amide bonds. The lowest BCUT2D eigenvalue weighted by molar-refractivity contribution is -0.119. The van der Waals surface area contributed by atoms with Crippen LogP contribution in [0.5, 0.6) is 0 Å². The number of hydrogen-bond donors (Lipinski definition) is 2. The predicted octanol–water partition coefficient (Wildman–Crippen LogP) is -0.263. The number of nitrogens with two attached hydrogens (primary N) is 1. The summed E-state index contributed by atoms with van der Waals surface area (Å²) in [6.45, 7) is 5.11. The third-order valence-corrected chi connectivity index (χ3v) is 2.05. The first-order chi connectivity index (χ1) is 8.02. The van der Waals surface area contributed by atoms with Crippen LogP contribution < -0.4 is 16.0 Å². The molecule has 0 saturated carbocycles. The number of nitrogens with zero attached hydrogens (tertiary/aromatic N) is 3. The van der Waals surface area contributed by atoms with Gasteiger partial charge in [-0.2, -0.15) is 0 Å². The van der Waals surface area contributed by atoms with Gasteiger partial charge in [0.1, 0.15) is 6.54 Å². The molecule has 1 rings (SSSR count). The molecule has 0 aliphatic carbocycles. The zero-order valence-electron chi connectivity index (χ0n) is 10.4. The number of amides is 1. The van der Waals surface area contributed by atoms with Crippen molar-refractivity contribution in [1.29, 1.82) is 0 Å². The highest BCUT2D eigenvalue weighted by atomic mass is 16.4. The molecule has 3 N–H and O–H groups in total. The van der Waals surface area contributed by atoms with E-state index in [9.17, 15) is 4.79 Å². The van der Waals surface area contributed by atoms with Crippen LogP contribution in [0, 0.1) is 5.92 Å². The van der Waals surface area contributed by atoms with Crippen molar-refractivity contribution in [3.05, 3.63) is 5.89 Å². The van der Waals surface area contributed by atoms with E-state index in [0.29, 0.717) is 24.4 Å². The average molecular weight is 241 g/mol. The summed E-state index contributed by atoms with van der Waals surface area (Å²) in [4.78, 5) is 13.1. The molecular weight excluding hydrogens is 222 g/mol. The van der Waals surface area contributed by atoms with E-state index in [1.54, 1.807) is 11.9 Å². The molecule has 7 heteroatoms. The predicted molar refractivity (Wildman–Crippen MR) is 63.3 cm³/mol. The first-order valence-electron chi connectivity index (χ1n) is 5.53. The zero-order valence-corrected chi connectivity index (χ0v) is 10.4. The molecule has 17 heavy (non-hydrogen) atoms. The van der Waals surface area contributed by atoms with Crippen LogP contribution in [0.25, 0.3) is 0 Å². The minimum atomic E-state index is -0.0753. The SMILES string of the molecule is CC(C)CNC(=O)CN(C)c1nnc(CN)o1. The molecule has 0 saturated heterocycles. The smallest absolute Gasteiger partial charge is 0.318 e. The fraction of sp³-hybridized carbons (Fsp3) is 0.700. The maximum atomic E-state index is 11.5. The monoisotopic (exact) mass is 241 g/mol. The van der Waals surface area contributed by atoms with Crippen molar-refractivity contribution in [2.45, 2.75) is 20.4 Å². The van der Waals surface area contributed by atoms with E-state index in [-0.39, 0.29) is 19.0 Å². The molecule has 7 nitrogen and oxygen atoms in total. The first kappa shape index (κ1) is 13.4. The Balaban J connectivity index is 2.42. The minimum Gasteiger partial charge on any atom is -0.407 e. The van der Waals surface area contributed by atoms with Crippen molar-refractivity contribution in [2.24, 2.45) is 11.7 Å². The lowest BCUT2D eigenvalue weighted by atomic mass is 10.2. The number of rotatable bonds is 6. The average Bonchev–Trinajstić information content (AvgIpc) is 2.74. The van der Waals surface area contributed by atoms with E-state index in [2.05, 4.69) is 15.5 Å². The van der Waals surface area contributed by atoms with Crippen LogP contribution in [0.4, 0.5) is 6.01 Å². The summed E-state index contributed by atoms with van der Waals surface area (Å²) < 4.78 is 5.22. The van der Waals surface area contributed by atoms with Crippen LogP contribution in [0.1, 0.15) is 19.7 Å². The van der Waals surface area contributed by atoms with Gasteiger partial charge < -0.3 is 20.4 Å². The van der Waals surface area contributed by atoms with Crippen molar-refractivity contribution in [2.75, 3.05) is 25.0 Å². The number of nitrogens with one attached hydrogen (secondary N) is 1. The van der Waals surface area contributed by atoms with Crippen molar-refractivity contribution < 1.29 is 9.21 Å². The summed E-state index contributed by atoms with van der Waals surface area (Å²) in [5, 5.41) is 10.3. The fourth-order valence-corrected chi connectivity index (χ4v) is 1.14. The molecule has 96 valence electrons. The molecule has 0 atom stereocenters. The topological polar surface area (TPSA) is 97.3 Å². The Morgan fingerprint density at radius 1 is 1.53 bits per heavy atom. The molecule has 1 aromatic rings. The van der Waals surface area contributed by atoms with Gasteiger partial charge in [-0.3, -0.25) is 4.79 Å². The van der Waals surface area contributed by atoms with Crippen LogP contribution in [-0.2, 0) is 11.3 Å². The van der Waals surface area contributed by atoms with E-state index >= 15 is 0 Å². The second-order valence-corrected chi connectivity index (χ2v) is 4.24. The van der Waals surface area contributed by atoms with Crippen molar-refractivity contribution >= 4 is 11.9 Å². The van der Waals surface area contributed by atoms with Crippen molar-refractivity contribution in [1.82, 2.24) is 15.5 Å².